The molecule has 0 spiro atoms. The van der Waals surface area contributed by atoms with Gasteiger partial charge in [-0.15, -0.1) is 0 Å². The topological polar surface area (TPSA) is 50.4 Å². The maximum Gasteiger partial charge on any atom is 0.245 e. The third-order valence-corrected chi connectivity index (χ3v) is 6.61. The summed E-state index contributed by atoms with van der Waals surface area (Å²) in [6.45, 7) is 3.78. The number of carbonyl (C=O) groups is 1. The minimum atomic E-state index is -0.964. The lowest BCUT2D eigenvalue weighted by Crippen LogP contribution is -2.63. The van der Waals surface area contributed by atoms with Crippen molar-refractivity contribution in [1.82, 2.24) is 5.32 Å². The summed E-state index contributed by atoms with van der Waals surface area (Å²) in [4.78, 5) is 13.0. The number of ether oxygens (including phenoxy) is 1. The Labute approximate surface area is 154 Å². The normalized spacial score (nSPS) is 35.2. The van der Waals surface area contributed by atoms with Crippen LogP contribution in [0.5, 0.6) is 5.75 Å². The van der Waals surface area contributed by atoms with Crippen molar-refractivity contribution in [2.24, 2.45) is 17.8 Å². The van der Waals surface area contributed by atoms with Crippen molar-refractivity contribution in [3.8, 4) is 5.75 Å². The van der Waals surface area contributed by atoms with Crippen LogP contribution in [0.3, 0.4) is 0 Å². The van der Waals surface area contributed by atoms with E-state index in [4.69, 9.17) is 4.74 Å². The molecule has 4 aliphatic rings. The highest BCUT2D eigenvalue weighted by molar-refractivity contribution is 5.88. The maximum atomic E-state index is 14.8. The number of nitrogens with one attached hydrogen (secondary N) is 2. The van der Waals surface area contributed by atoms with Crippen molar-refractivity contribution in [3.63, 3.8) is 0 Å². The third kappa shape index (κ3) is 3.17. The van der Waals surface area contributed by atoms with Gasteiger partial charge in [-0.3, -0.25) is 4.79 Å². The molecule has 4 fully saturated rings. The first-order chi connectivity index (χ1) is 12.3. The van der Waals surface area contributed by atoms with E-state index in [-0.39, 0.29) is 11.9 Å². The van der Waals surface area contributed by atoms with Gasteiger partial charge in [-0.25, -0.2) is 4.39 Å². The first kappa shape index (κ1) is 17.6. The summed E-state index contributed by atoms with van der Waals surface area (Å²) in [6.07, 6.45) is 4.12. The van der Waals surface area contributed by atoms with E-state index in [0.717, 1.165) is 30.7 Å². The lowest BCUT2D eigenvalue weighted by atomic mass is 9.53. The molecule has 5 atom stereocenters. The number of methoxy groups -OCH3 is 1. The summed E-state index contributed by atoms with van der Waals surface area (Å²) < 4.78 is 20.0. The number of alkyl halides is 1. The highest BCUT2D eigenvalue weighted by atomic mass is 19.1. The highest BCUT2D eigenvalue weighted by Gasteiger charge is 2.56. The van der Waals surface area contributed by atoms with Gasteiger partial charge in [0, 0.05) is 11.7 Å². The van der Waals surface area contributed by atoms with Crippen LogP contribution in [0.25, 0.3) is 0 Å². The van der Waals surface area contributed by atoms with E-state index >= 15 is 0 Å². The Morgan fingerprint density at radius 1 is 1.15 bits per heavy atom. The minimum absolute atomic E-state index is 0.0151. The molecule has 142 valence electrons. The fraction of sp³-hybridized carbons (Fsp3) is 0.667. The van der Waals surface area contributed by atoms with E-state index in [1.165, 1.54) is 0 Å². The molecule has 1 unspecified atom stereocenters. The van der Waals surface area contributed by atoms with E-state index < -0.39 is 11.2 Å². The summed E-state index contributed by atoms with van der Waals surface area (Å²) in [7, 11) is 1.63. The molecule has 1 aromatic carbocycles. The van der Waals surface area contributed by atoms with Crippen LogP contribution in [0.4, 0.5) is 10.1 Å². The highest BCUT2D eigenvalue weighted by Crippen LogP contribution is 2.57. The molecule has 4 bridgehead atoms. The van der Waals surface area contributed by atoms with Crippen LogP contribution >= 0.6 is 0 Å². The zero-order valence-electron chi connectivity index (χ0n) is 15.8. The van der Waals surface area contributed by atoms with E-state index in [2.05, 4.69) is 10.6 Å². The summed E-state index contributed by atoms with van der Waals surface area (Å²) >= 11 is 0. The Bertz CT molecular complexity index is 672. The summed E-state index contributed by atoms with van der Waals surface area (Å²) in [5.41, 5.74) is -0.829. The monoisotopic (exact) mass is 360 g/mol. The van der Waals surface area contributed by atoms with Gasteiger partial charge in [0.1, 0.15) is 17.0 Å². The van der Waals surface area contributed by atoms with Crippen LogP contribution < -0.4 is 15.4 Å². The van der Waals surface area contributed by atoms with Gasteiger partial charge in [0.2, 0.25) is 5.91 Å². The third-order valence-electron chi connectivity index (χ3n) is 6.61. The summed E-state index contributed by atoms with van der Waals surface area (Å²) in [5, 5.41) is 6.58. The van der Waals surface area contributed by atoms with E-state index in [0.29, 0.717) is 30.6 Å². The number of hydrogen-bond donors (Lipinski definition) is 2. The van der Waals surface area contributed by atoms with Crippen molar-refractivity contribution >= 4 is 11.6 Å². The average Bonchev–Trinajstić information content (AvgIpc) is 2.57. The molecule has 1 aromatic rings. The molecule has 4 saturated carbocycles. The van der Waals surface area contributed by atoms with Crippen LogP contribution in [0, 0.1) is 17.8 Å². The average molecular weight is 360 g/mol. The molecule has 4 aliphatic carbocycles. The van der Waals surface area contributed by atoms with E-state index in [1.807, 2.05) is 38.1 Å². The molecular formula is C21H29FN2O2. The van der Waals surface area contributed by atoms with Crippen LogP contribution in [0.2, 0.25) is 0 Å². The van der Waals surface area contributed by atoms with Crippen molar-refractivity contribution in [1.29, 1.82) is 0 Å². The number of rotatable bonds is 5. The first-order valence-electron chi connectivity index (χ1n) is 9.70. The Hall–Kier alpha value is -1.78. The van der Waals surface area contributed by atoms with Gasteiger partial charge in [0.05, 0.1) is 7.11 Å². The number of benzene rings is 1. The Morgan fingerprint density at radius 3 is 2.31 bits per heavy atom. The van der Waals surface area contributed by atoms with Gasteiger partial charge in [0.25, 0.3) is 0 Å². The van der Waals surface area contributed by atoms with Crippen molar-refractivity contribution in [2.75, 3.05) is 12.4 Å². The Balaban J connectivity index is 1.42. The molecule has 5 heteroatoms. The fourth-order valence-corrected chi connectivity index (χ4v) is 5.58. The largest absolute Gasteiger partial charge is 0.497 e. The van der Waals surface area contributed by atoms with Gasteiger partial charge < -0.3 is 15.4 Å². The van der Waals surface area contributed by atoms with Gasteiger partial charge in [0.15, 0.2) is 0 Å². The standard InChI is InChI=1S/C21H29FN2O2/c1-20(2,24-16-4-6-17(26-3)7-5-16)19(25)23-18-14-8-13-9-15(18)12-21(22,10-13)11-14/h4-7,13-15,18,24H,8-12H2,1-3H3,(H,23,25)/t13?,14-,15+,18+,21+. The van der Waals surface area contributed by atoms with Crippen LogP contribution in [-0.2, 0) is 4.79 Å². The SMILES string of the molecule is COc1ccc(NC(C)(C)C(=O)N[C@H]2[C@@H]3CC4C[C@H]2C[C@](F)(C4)C3)cc1. The number of hydrogen-bond acceptors (Lipinski definition) is 3. The number of anilines is 1. The Morgan fingerprint density at radius 2 is 1.77 bits per heavy atom. The second-order valence-corrected chi connectivity index (χ2v) is 9.10. The van der Waals surface area contributed by atoms with Crippen LogP contribution in [0.1, 0.15) is 46.0 Å². The molecule has 0 heterocycles. The number of amides is 1. The molecule has 4 nitrogen and oxygen atoms in total. The molecular weight excluding hydrogens is 331 g/mol. The van der Waals surface area contributed by atoms with Crippen LogP contribution in [0.15, 0.2) is 24.3 Å². The fourth-order valence-electron chi connectivity index (χ4n) is 5.58. The molecule has 2 N–H and O–H groups in total. The van der Waals surface area contributed by atoms with Gasteiger partial charge in [-0.05, 0) is 88.0 Å². The number of halogens is 1. The molecule has 5 rings (SSSR count). The molecule has 0 aromatic heterocycles. The zero-order chi connectivity index (χ0) is 18.5. The van der Waals surface area contributed by atoms with Crippen molar-refractivity contribution in [3.05, 3.63) is 24.3 Å². The summed E-state index contributed by atoms with van der Waals surface area (Å²) in [6, 6.07) is 7.68. The quantitative estimate of drug-likeness (QED) is 0.837. The summed E-state index contributed by atoms with van der Waals surface area (Å²) in [5.74, 6) is 1.89. The lowest BCUT2D eigenvalue weighted by Gasteiger charge is -2.57. The van der Waals surface area contributed by atoms with Crippen molar-refractivity contribution < 1.29 is 13.9 Å². The predicted molar refractivity (Wildman–Crippen MR) is 100 cm³/mol. The van der Waals surface area contributed by atoms with Gasteiger partial charge >= 0.3 is 0 Å². The smallest absolute Gasteiger partial charge is 0.245 e. The zero-order valence-corrected chi connectivity index (χ0v) is 15.8. The Kier molecular flexibility index (Phi) is 4.16. The molecule has 0 aliphatic heterocycles. The molecule has 0 radical (unpaired) electrons. The second kappa shape index (κ2) is 6.14. The molecule has 26 heavy (non-hydrogen) atoms. The second-order valence-electron chi connectivity index (χ2n) is 9.10. The first-order valence-corrected chi connectivity index (χ1v) is 9.70. The van der Waals surface area contributed by atoms with Gasteiger partial charge in [-0.2, -0.15) is 0 Å². The van der Waals surface area contributed by atoms with Crippen molar-refractivity contribution in [2.45, 2.75) is 63.2 Å². The predicted octanol–water partition coefficient (Wildman–Crippen LogP) is 3.92. The molecule has 0 saturated heterocycles. The van der Waals surface area contributed by atoms with Gasteiger partial charge in [-0.1, -0.05) is 0 Å². The number of carbonyl (C=O) groups excluding carboxylic acids is 1. The lowest BCUT2D eigenvalue weighted by molar-refractivity contribution is -0.133. The maximum absolute atomic E-state index is 14.8. The van der Waals surface area contributed by atoms with Crippen LogP contribution in [-0.4, -0.2) is 30.3 Å². The van der Waals surface area contributed by atoms with E-state index in [9.17, 15) is 9.18 Å². The van der Waals surface area contributed by atoms with E-state index in [1.54, 1.807) is 7.11 Å². The minimum Gasteiger partial charge on any atom is -0.497 e. The molecule has 1 amide bonds.